The Labute approximate surface area is 225 Å². The number of nitrogens with zero attached hydrogens (tertiary/aromatic N) is 2. The lowest BCUT2D eigenvalue weighted by molar-refractivity contribution is -0.401. The minimum absolute atomic E-state index is 0.0107. The molecular formula is C29H31I2N2+. The fourth-order valence-corrected chi connectivity index (χ4v) is 7.72. The third-order valence-corrected chi connectivity index (χ3v) is 8.39. The minimum atomic E-state index is -0.0107. The molecule has 0 N–H and O–H groups in total. The Morgan fingerprint density at radius 2 is 1.55 bits per heavy atom. The molecule has 0 amide bonds. The third kappa shape index (κ3) is 4.29. The zero-order valence-corrected chi connectivity index (χ0v) is 24.5. The summed E-state index contributed by atoms with van der Waals surface area (Å²) in [5.74, 6) is 0. The highest BCUT2D eigenvalue weighted by Crippen LogP contribution is 2.49. The molecule has 0 aliphatic carbocycles. The second-order valence-corrected chi connectivity index (χ2v) is 12.1. The van der Waals surface area contributed by atoms with Crippen LogP contribution in [0, 0.1) is 7.14 Å². The fraction of sp³-hybridized carbons (Fsp3) is 0.276. The maximum Gasteiger partial charge on any atom is 0.209 e. The van der Waals surface area contributed by atoms with Gasteiger partial charge in [0.1, 0.15) is 7.05 Å². The Kier molecular flexibility index (Phi) is 6.80. The SMILES string of the molecule is CN1C(=CC=CC=CC=CC2=[N+](C)c3ccccc3C2(C)C)C(C)(C)c2c(I)cc(I)cc21. The zero-order chi connectivity index (χ0) is 24.0. The summed E-state index contributed by atoms with van der Waals surface area (Å²) in [7, 11) is 4.33. The van der Waals surface area contributed by atoms with Gasteiger partial charge in [-0.3, -0.25) is 0 Å². The Hall–Kier alpha value is -1.67. The summed E-state index contributed by atoms with van der Waals surface area (Å²) in [6, 6.07) is 13.2. The van der Waals surface area contributed by atoms with E-state index in [0.29, 0.717) is 0 Å². The van der Waals surface area contributed by atoms with Gasteiger partial charge in [0.2, 0.25) is 5.69 Å². The number of rotatable bonds is 4. The number of allylic oxidation sites excluding steroid dienone is 8. The van der Waals surface area contributed by atoms with Crippen molar-refractivity contribution in [1.82, 2.24) is 0 Å². The molecule has 0 radical (unpaired) electrons. The van der Waals surface area contributed by atoms with Crippen molar-refractivity contribution < 1.29 is 4.58 Å². The van der Waals surface area contributed by atoms with Crippen molar-refractivity contribution in [3.8, 4) is 0 Å². The maximum atomic E-state index is 2.48. The molecule has 33 heavy (non-hydrogen) atoms. The number of para-hydroxylation sites is 1. The molecular weight excluding hydrogens is 630 g/mol. The van der Waals surface area contributed by atoms with Gasteiger partial charge in [-0.05, 0) is 77.2 Å². The van der Waals surface area contributed by atoms with Gasteiger partial charge in [0, 0.05) is 54.3 Å². The van der Waals surface area contributed by atoms with E-state index in [0.717, 1.165) is 0 Å². The Bertz CT molecular complexity index is 1260. The van der Waals surface area contributed by atoms with E-state index in [2.05, 4.69) is 175 Å². The molecule has 2 aliphatic rings. The lowest BCUT2D eigenvalue weighted by Crippen LogP contribution is -2.26. The van der Waals surface area contributed by atoms with Gasteiger partial charge in [-0.2, -0.15) is 4.58 Å². The summed E-state index contributed by atoms with van der Waals surface area (Å²) in [5.41, 5.74) is 8.06. The van der Waals surface area contributed by atoms with E-state index >= 15 is 0 Å². The molecule has 2 nitrogen and oxygen atoms in total. The maximum absolute atomic E-state index is 2.48. The second kappa shape index (κ2) is 9.17. The minimum Gasteiger partial charge on any atom is -0.347 e. The smallest absolute Gasteiger partial charge is 0.209 e. The topological polar surface area (TPSA) is 6.25 Å². The number of hydrogen-bond acceptors (Lipinski definition) is 1. The number of hydrogen-bond donors (Lipinski definition) is 0. The summed E-state index contributed by atoms with van der Waals surface area (Å²) in [4.78, 5) is 2.33. The first-order valence-electron chi connectivity index (χ1n) is 11.2. The molecule has 2 aromatic carbocycles. The normalized spacial score (nSPS) is 20.1. The van der Waals surface area contributed by atoms with E-state index < -0.39 is 0 Å². The first-order valence-corrected chi connectivity index (χ1v) is 13.4. The molecule has 2 aromatic rings. The Balaban J connectivity index is 1.49. The summed E-state index contributed by atoms with van der Waals surface area (Å²) >= 11 is 4.88. The molecule has 0 saturated carbocycles. The number of fused-ring (bicyclic) bond motifs is 2. The van der Waals surface area contributed by atoms with Crippen molar-refractivity contribution in [1.29, 1.82) is 0 Å². The van der Waals surface area contributed by atoms with Crippen LogP contribution >= 0.6 is 45.2 Å². The average Bonchev–Trinajstić information content (AvgIpc) is 3.06. The van der Waals surface area contributed by atoms with E-state index in [1.54, 1.807) is 0 Å². The standard InChI is InChI=1S/C29H31I2N2/c1-28(2)21-14-12-13-15-23(21)32(5)25(28)16-10-8-7-9-11-17-26-29(3,4)27-22(31)18-20(30)19-24(27)33(26)6/h7-19H,1-6H3/q+1. The van der Waals surface area contributed by atoms with E-state index in [4.69, 9.17) is 0 Å². The van der Waals surface area contributed by atoms with Crippen molar-refractivity contribution in [3.05, 3.63) is 103 Å². The van der Waals surface area contributed by atoms with Gasteiger partial charge in [-0.15, -0.1) is 0 Å². The van der Waals surface area contributed by atoms with E-state index in [-0.39, 0.29) is 10.8 Å². The molecule has 2 aliphatic heterocycles. The van der Waals surface area contributed by atoms with Gasteiger partial charge in [0.05, 0.1) is 5.41 Å². The van der Waals surface area contributed by atoms with Crippen molar-refractivity contribution in [2.75, 3.05) is 19.0 Å². The van der Waals surface area contributed by atoms with Crippen LogP contribution in [0.5, 0.6) is 0 Å². The van der Waals surface area contributed by atoms with E-state index in [1.807, 2.05) is 0 Å². The lowest BCUT2D eigenvalue weighted by Gasteiger charge is -2.24. The zero-order valence-electron chi connectivity index (χ0n) is 20.2. The van der Waals surface area contributed by atoms with Crippen LogP contribution in [0.3, 0.4) is 0 Å². The first kappa shape index (κ1) is 24.5. The number of anilines is 1. The highest BCUT2D eigenvalue weighted by molar-refractivity contribution is 14.1. The molecule has 0 unspecified atom stereocenters. The van der Waals surface area contributed by atoms with Crippen molar-refractivity contribution in [3.63, 3.8) is 0 Å². The molecule has 0 bridgehead atoms. The summed E-state index contributed by atoms with van der Waals surface area (Å²) < 4.78 is 4.92. The summed E-state index contributed by atoms with van der Waals surface area (Å²) in [6.45, 7) is 9.23. The molecule has 4 heteroatoms. The van der Waals surface area contributed by atoms with Crippen LogP contribution in [-0.2, 0) is 10.8 Å². The number of halogens is 2. The summed E-state index contributed by atoms with van der Waals surface area (Å²) in [6.07, 6.45) is 15.1. The number of likely N-dealkylation sites (N-methyl/N-ethyl adjacent to an activating group) is 1. The largest absolute Gasteiger partial charge is 0.347 e. The predicted octanol–water partition coefficient (Wildman–Crippen LogP) is 7.88. The quantitative estimate of drug-likeness (QED) is 0.184. The first-order chi connectivity index (χ1) is 15.6. The van der Waals surface area contributed by atoms with Gasteiger partial charge < -0.3 is 4.90 Å². The van der Waals surface area contributed by atoms with Gasteiger partial charge in [-0.1, -0.05) is 62.4 Å². The summed E-state index contributed by atoms with van der Waals surface area (Å²) in [5, 5.41) is 0. The Morgan fingerprint density at radius 3 is 2.27 bits per heavy atom. The fourth-order valence-electron chi connectivity index (χ4n) is 5.23. The van der Waals surface area contributed by atoms with Crippen molar-refractivity contribution in [2.24, 2.45) is 0 Å². The second-order valence-electron chi connectivity index (χ2n) is 9.73. The van der Waals surface area contributed by atoms with Crippen molar-refractivity contribution >= 4 is 62.3 Å². The monoisotopic (exact) mass is 661 g/mol. The van der Waals surface area contributed by atoms with Crippen LogP contribution in [0.15, 0.2) is 84.6 Å². The van der Waals surface area contributed by atoms with Gasteiger partial charge in [0.25, 0.3) is 0 Å². The van der Waals surface area contributed by atoms with Crippen LogP contribution < -0.4 is 4.90 Å². The lowest BCUT2D eigenvalue weighted by atomic mass is 9.81. The van der Waals surface area contributed by atoms with Gasteiger partial charge >= 0.3 is 0 Å². The van der Waals surface area contributed by atoms with E-state index in [9.17, 15) is 0 Å². The van der Waals surface area contributed by atoms with Crippen LogP contribution in [0.2, 0.25) is 0 Å². The van der Waals surface area contributed by atoms with Crippen molar-refractivity contribution in [2.45, 2.75) is 38.5 Å². The van der Waals surface area contributed by atoms with Crippen LogP contribution in [0.4, 0.5) is 11.4 Å². The molecule has 0 aromatic heterocycles. The van der Waals surface area contributed by atoms with Crippen LogP contribution in [-0.4, -0.2) is 24.4 Å². The highest BCUT2D eigenvalue weighted by Gasteiger charge is 2.42. The molecule has 0 fully saturated rings. The highest BCUT2D eigenvalue weighted by atomic mass is 127. The molecule has 2 heterocycles. The third-order valence-electron chi connectivity index (χ3n) is 6.92. The van der Waals surface area contributed by atoms with Gasteiger partial charge in [0.15, 0.2) is 5.71 Å². The molecule has 4 rings (SSSR count). The van der Waals surface area contributed by atoms with Gasteiger partial charge in [-0.25, -0.2) is 0 Å². The molecule has 170 valence electrons. The molecule has 0 atom stereocenters. The average molecular weight is 661 g/mol. The predicted molar refractivity (Wildman–Crippen MR) is 159 cm³/mol. The number of benzene rings is 2. The van der Waals surface area contributed by atoms with E-state index in [1.165, 1.54) is 41.1 Å². The molecule has 0 spiro atoms. The molecule has 0 saturated heterocycles. The van der Waals surface area contributed by atoms with Crippen LogP contribution in [0.1, 0.15) is 38.8 Å². The van der Waals surface area contributed by atoms with Crippen LogP contribution in [0.25, 0.3) is 0 Å². The Morgan fingerprint density at radius 1 is 0.879 bits per heavy atom.